The monoisotopic (exact) mass is 424 g/mol. The number of carbonyl (C=O) groups excluding carboxylic acids is 3. The van der Waals surface area contributed by atoms with Crippen LogP contribution in [0.2, 0.25) is 0 Å². The number of piperidine rings is 1. The molecule has 9 nitrogen and oxygen atoms in total. The molecular formula is C22H24N4O5. The summed E-state index contributed by atoms with van der Waals surface area (Å²) in [6.07, 6.45) is 4.67. The molecule has 162 valence electrons. The Kier molecular flexibility index (Phi) is 6.13. The third-order valence-corrected chi connectivity index (χ3v) is 5.38. The summed E-state index contributed by atoms with van der Waals surface area (Å²) in [7, 11) is 0. The lowest BCUT2D eigenvalue weighted by molar-refractivity contribution is -0.117. The minimum Gasteiger partial charge on any atom is -0.454 e. The van der Waals surface area contributed by atoms with E-state index in [1.54, 1.807) is 36.7 Å². The Balaban J connectivity index is 1.29. The Hall–Kier alpha value is -3.46. The second-order valence-corrected chi connectivity index (χ2v) is 7.62. The number of amides is 2. The van der Waals surface area contributed by atoms with E-state index in [-0.39, 0.29) is 37.0 Å². The number of ketones is 1. The molecule has 2 N–H and O–H groups in total. The van der Waals surface area contributed by atoms with Crippen LogP contribution in [0.15, 0.2) is 36.7 Å². The maximum atomic E-state index is 12.6. The van der Waals surface area contributed by atoms with Gasteiger partial charge in [-0.1, -0.05) is 0 Å². The lowest BCUT2D eigenvalue weighted by Crippen LogP contribution is -2.46. The van der Waals surface area contributed by atoms with Gasteiger partial charge in [0, 0.05) is 43.2 Å². The van der Waals surface area contributed by atoms with Crippen molar-refractivity contribution in [2.45, 2.75) is 25.8 Å². The SMILES string of the molecule is CC(=O)c1cc2c(cc1NC(=O)CN1CCC(NC(=O)c3cccnc3)CC1)OCO2. The Labute approximate surface area is 179 Å². The zero-order valence-electron chi connectivity index (χ0n) is 17.2. The highest BCUT2D eigenvalue weighted by Crippen LogP contribution is 2.37. The molecule has 2 aliphatic rings. The van der Waals surface area contributed by atoms with Gasteiger partial charge in [-0.15, -0.1) is 0 Å². The summed E-state index contributed by atoms with van der Waals surface area (Å²) in [5.41, 5.74) is 1.34. The van der Waals surface area contributed by atoms with Crippen molar-refractivity contribution in [1.82, 2.24) is 15.2 Å². The standard InChI is InChI=1S/C22H24N4O5/c1-14(27)17-9-19-20(31-13-30-19)10-18(17)25-21(28)12-26-7-4-16(5-8-26)24-22(29)15-3-2-6-23-11-15/h2-3,6,9-11,16H,4-5,7-8,12-13H2,1H3,(H,24,29)(H,25,28). The van der Waals surface area contributed by atoms with Crippen LogP contribution in [0.25, 0.3) is 0 Å². The normalized spacial score (nSPS) is 16.0. The van der Waals surface area contributed by atoms with E-state index in [1.165, 1.54) is 6.92 Å². The number of hydrogen-bond donors (Lipinski definition) is 2. The summed E-state index contributed by atoms with van der Waals surface area (Å²) in [5, 5.41) is 5.84. The fraction of sp³-hybridized carbons (Fsp3) is 0.364. The zero-order valence-corrected chi connectivity index (χ0v) is 17.2. The van der Waals surface area contributed by atoms with Gasteiger partial charge >= 0.3 is 0 Å². The lowest BCUT2D eigenvalue weighted by Gasteiger charge is -2.31. The molecule has 0 aliphatic carbocycles. The van der Waals surface area contributed by atoms with Crippen molar-refractivity contribution in [3.63, 3.8) is 0 Å². The number of fused-ring (bicyclic) bond motifs is 1. The highest BCUT2D eigenvalue weighted by atomic mass is 16.7. The van der Waals surface area contributed by atoms with Crippen LogP contribution in [-0.2, 0) is 4.79 Å². The van der Waals surface area contributed by atoms with E-state index in [9.17, 15) is 14.4 Å². The van der Waals surface area contributed by atoms with Gasteiger partial charge < -0.3 is 20.1 Å². The molecule has 0 bridgehead atoms. The van der Waals surface area contributed by atoms with Crippen molar-refractivity contribution in [3.8, 4) is 11.5 Å². The number of rotatable bonds is 6. The van der Waals surface area contributed by atoms with Crippen molar-refractivity contribution in [3.05, 3.63) is 47.8 Å². The molecule has 0 saturated carbocycles. The van der Waals surface area contributed by atoms with Gasteiger partial charge in [0.25, 0.3) is 5.91 Å². The molecule has 0 unspecified atom stereocenters. The maximum Gasteiger partial charge on any atom is 0.253 e. The first-order valence-electron chi connectivity index (χ1n) is 10.2. The zero-order chi connectivity index (χ0) is 21.8. The van der Waals surface area contributed by atoms with Crippen molar-refractivity contribution < 1.29 is 23.9 Å². The third kappa shape index (κ3) is 5.00. The summed E-state index contributed by atoms with van der Waals surface area (Å²) >= 11 is 0. The second-order valence-electron chi connectivity index (χ2n) is 7.62. The predicted octanol–water partition coefficient (Wildman–Crippen LogP) is 1.85. The van der Waals surface area contributed by atoms with Gasteiger partial charge in [-0.3, -0.25) is 24.3 Å². The Morgan fingerprint density at radius 2 is 1.90 bits per heavy atom. The number of benzene rings is 1. The van der Waals surface area contributed by atoms with Gasteiger partial charge in [-0.25, -0.2) is 0 Å². The Bertz CT molecular complexity index is 987. The fourth-order valence-corrected chi connectivity index (χ4v) is 3.73. The van der Waals surface area contributed by atoms with E-state index in [2.05, 4.69) is 15.6 Å². The molecule has 1 saturated heterocycles. The molecule has 2 aromatic rings. The fourth-order valence-electron chi connectivity index (χ4n) is 3.73. The first-order valence-corrected chi connectivity index (χ1v) is 10.2. The molecule has 3 heterocycles. The van der Waals surface area contributed by atoms with Crippen molar-refractivity contribution in [2.24, 2.45) is 0 Å². The number of ether oxygens (including phenoxy) is 2. The van der Waals surface area contributed by atoms with E-state index in [1.807, 2.05) is 4.90 Å². The number of nitrogens with one attached hydrogen (secondary N) is 2. The molecule has 0 atom stereocenters. The number of likely N-dealkylation sites (tertiary alicyclic amines) is 1. The van der Waals surface area contributed by atoms with Gasteiger partial charge in [0.15, 0.2) is 17.3 Å². The average molecular weight is 424 g/mol. The molecule has 1 aromatic heterocycles. The average Bonchev–Trinajstić information content (AvgIpc) is 3.22. The van der Waals surface area contributed by atoms with E-state index in [4.69, 9.17) is 9.47 Å². The number of Topliss-reactive ketones (excluding diaryl/α,β-unsaturated/α-hetero) is 1. The minimum absolute atomic E-state index is 0.0604. The summed E-state index contributed by atoms with van der Waals surface area (Å²) in [6.45, 7) is 3.11. The second kappa shape index (κ2) is 9.13. The van der Waals surface area contributed by atoms with E-state index in [0.29, 0.717) is 41.4 Å². The van der Waals surface area contributed by atoms with Gasteiger partial charge in [-0.05, 0) is 38.0 Å². The van der Waals surface area contributed by atoms with Crippen LogP contribution >= 0.6 is 0 Å². The topological polar surface area (TPSA) is 110 Å². The maximum absolute atomic E-state index is 12.6. The van der Waals surface area contributed by atoms with Gasteiger partial charge in [0.05, 0.1) is 17.8 Å². The minimum atomic E-state index is -0.209. The van der Waals surface area contributed by atoms with E-state index in [0.717, 1.165) is 12.8 Å². The summed E-state index contributed by atoms with van der Waals surface area (Å²) in [4.78, 5) is 42.8. The van der Waals surface area contributed by atoms with E-state index < -0.39 is 0 Å². The quantitative estimate of drug-likeness (QED) is 0.681. The largest absolute Gasteiger partial charge is 0.454 e. The van der Waals surface area contributed by atoms with Crippen molar-refractivity contribution in [1.29, 1.82) is 0 Å². The number of pyridine rings is 1. The molecule has 1 aromatic carbocycles. The van der Waals surface area contributed by atoms with Crippen LogP contribution in [0.5, 0.6) is 11.5 Å². The molecule has 4 rings (SSSR count). The molecular weight excluding hydrogens is 400 g/mol. The van der Waals surface area contributed by atoms with Crippen LogP contribution < -0.4 is 20.1 Å². The Morgan fingerprint density at radius 3 is 2.58 bits per heavy atom. The number of hydrogen-bond acceptors (Lipinski definition) is 7. The van der Waals surface area contributed by atoms with Gasteiger partial charge in [0.1, 0.15) is 0 Å². The summed E-state index contributed by atoms with van der Waals surface area (Å²) < 4.78 is 10.7. The first kappa shape index (κ1) is 20.8. The Morgan fingerprint density at radius 1 is 1.16 bits per heavy atom. The lowest BCUT2D eigenvalue weighted by atomic mass is 10.0. The predicted molar refractivity (Wildman–Crippen MR) is 112 cm³/mol. The molecule has 2 aliphatic heterocycles. The third-order valence-electron chi connectivity index (χ3n) is 5.38. The van der Waals surface area contributed by atoms with Crippen LogP contribution in [0, 0.1) is 0 Å². The highest BCUT2D eigenvalue weighted by Gasteiger charge is 2.24. The van der Waals surface area contributed by atoms with Crippen molar-refractivity contribution >= 4 is 23.3 Å². The summed E-state index contributed by atoms with van der Waals surface area (Å²) in [6, 6.07) is 6.74. The molecule has 0 spiro atoms. The molecule has 0 radical (unpaired) electrons. The molecule has 1 fully saturated rings. The van der Waals surface area contributed by atoms with Gasteiger partial charge in [0.2, 0.25) is 12.7 Å². The highest BCUT2D eigenvalue weighted by molar-refractivity contribution is 6.05. The van der Waals surface area contributed by atoms with Crippen LogP contribution in [0.3, 0.4) is 0 Å². The van der Waals surface area contributed by atoms with Gasteiger partial charge in [-0.2, -0.15) is 0 Å². The molecule has 2 amide bonds. The molecule has 31 heavy (non-hydrogen) atoms. The first-order chi connectivity index (χ1) is 15.0. The van der Waals surface area contributed by atoms with Crippen molar-refractivity contribution in [2.75, 3.05) is 31.7 Å². The number of nitrogens with zero attached hydrogens (tertiary/aromatic N) is 2. The smallest absolute Gasteiger partial charge is 0.253 e. The number of carbonyl (C=O) groups is 3. The summed E-state index contributed by atoms with van der Waals surface area (Å²) in [5.74, 6) is 0.492. The van der Waals surface area contributed by atoms with Crippen LogP contribution in [0.4, 0.5) is 5.69 Å². The number of aromatic nitrogens is 1. The van der Waals surface area contributed by atoms with Crippen LogP contribution in [-0.4, -0.2) is 60.0 Å². The number of anilines is 1. The molecule has 9 heteroatoms. The van der Waals surface area contributed by atoms with Crippen LogP contribution in [0.1, 0.15) is 40.5 Å². The van der Waals surface area contributed by atoms with E-state index >= 15 is 0 Å².